The molecule has 13 rings (SSSR count). The van der Waals surface area contributed by atoms with E-state index in [1.807, 2.05) is 12.1 Å². The first-order valence-electron chi connectivity index (χ1n) is 25.2. The Hall–Kier alpha value is -9.94. The quantitative estimate of drug-likeness (QED) is 0.125. The van der Waals surface area contributed by atoms with Crippen LogP contribution < -0.4 is 4.90 Å². The molecule has 0 unspecified atom stereocenters. The van der Waals surface area contributed by atoms with Crippen LogP contribution in [-0.2, 0) is 0 Å². The molecule has 0 saturated carbocycles. The van der Waals surface area contributed by atoms with Gasteiger partial charge < -0.3 is 9.47 Å². The van der Waals surface area contributed by atoms with Gasteiger partial charge in [0, 0.05) is 39.0 Å². The van der Waals surface area contributed by atoms with Gasteiger partial charge in [-0.25, -0.2) is 0 Å². The maximum Gasteiger partial charge on any atom is 0.0547 e. The van der Waals surface area contributed by atoms with Crippen LogP contribution in [-0.4, -0.2) is 4.57 Å². The standard InChI is InChI=1S/C72H48N2/c1-5-16-51(17-6-1)55-28-30-56(31-29-55)58-36-42-64(43-37-58)73(66-25-15-24-61(48-66)52-18-7-2-8-19-52)65-44-38-59(39-45-65)57-32-34-60(35-33-57)67-26-13-14-27-70(67)74-71-49-62(53-20-9-3-10-21-53)40-46-68(71)69-47-41-63(50-72(69)74)54-22-11-4-12-23-54/h1-5,7-16,18-50H. The summed E-state index contributed by atoms with van der Waals surface area (Å²) >= 11 is 0. The van der Waals surface area contributed by atoms with E-state index in [4.69, 9.17) is 0 Å². The van der Waals surface area contributed by atoms with Crippen LogP contribution in [0.15, 0.2) is 291 Å². The number of hydrogen-bond donors (Lipinski definition) is 0. The van der Waals surface area contributed by atoms with E-state index < -0.39 is 0 Å². The molecule has 2 nitrogen and oxygen atoms in total. The van der Waals surface area contributed by atoms with Crippen LogP contribution in [0.5, 0.6) is 0 Å². The highest BCUT2D eigenvalue weighted by molar-refractivity contribution is 6.11. The first-order valence-corrected chi connectivity index (χ1v) is 25.2. The molecular formula is C72H48N2. The van der Waals surface area contributed by atoms with Crippen molar-refractivity contribution in [3.63, 3.8) is 0 Å². The Labute approximate surface area is 433 Å². The smallest absolute Gasteiger partial charge is 0.0547 e. The zero-order chi connectivity index (χ0) is 49.2. The summed E-state index contributed by atoms with van der Waals surface area (Å²) in [7, 11) is 0. The predicted molar refractivity (Wildman–Crippen MR) is 311 cm³/mol. The Bertz CT molecular complexity index is 3950. The van der Waals surface area contributed by atoms with Crippen LogP contribution in [0, 0.1) is 12.1 Å². The number of anilines is 3. The van der Waals surface area contributed by atoms with Crippen LogP contribution >= 0.6 is 0 Å². The van der Waals surface area contributed by atoms with Crippen LogP contribution in [0.4, 0.5) is 17.1 Å². The zero-order valence-electron chi connectivity index (χ0n) is 40.6. The number of hydrogen-bond acceptors (Lipinski definition) is 1. The molecule has 0 saturated heterocycles. The molecule has 1 heterocycles. The van der Waals surface area contributed by atoms with E-state index >= 15 is 0 Å². The Morgan fingerprint density at radius 1 is 0.270 bits per heavy atom. The molecular weight excluding hydrogens is 893 g/mol. The van der Waals surface area contributed by atoms with Gasteiger partial charge in [0.25, 0.3) is 0 Å². The molecule has 0 aliphatic heterocycles. The van der Waals surface area contributed by atoms with Crippen LogP contribution in [0.2, 0.25) is 0 Å². The molecule has 13 aromatic rings. The summed E-state index contributed by atoms with van der Waals surface area (Å²) in [6.07, 6.45) is 0. The van der Waals surface area contributed by atoms with Gasteiger partial charge >= 0.3 is 0 Å². The molecule has 12 aromatic carbocycles. The SMILES string of the molecule is c1cccc(-c2ccc(-c3ccc(N(c4ccc(-c5ccc(-c6ccccc6-n6c7cc(-c8ccccc8)ccc7c7ccc(-c8ccccc8)cc76)cc5)cc4)c4cccc(-c5ccccc5)c4)cc3)cc2)c#1. The lowest BCUT2D eigenvalue weighted by Crippen LogP contribution is -2.10. The number of aromatic nitrogens is 1. The first-order chi connectivity index (χ1) is 36.7. The molecule has 0 atom stereocenters. The van der Waals surface area contributed by atoms with Gasteiger partial charge in [-0.1, -0.05) is 237 Å². The second kappa shape index (κ2) is 19.3. The highest BCUT2D eigenvalue weighted by atomic mass is 15.1. The van der Waals surface area contributed by atoms with Gasteiger partial charge in [0.1, 0.15) is 0 Å². The molecule has 2 heteroatoms. The highest BCUT2D eigenvalue weighted by Crippen LogP contribution is 2.42. The van der Waals surface area contributed by atoms with Gasteiger partial charge in [0.15, 0.2) is 0 Å². The summed E-state index contributed by atoms with van der Waals surface area (Å²) < 4.78 is 2.47. The van der Waals surface area contributed by atoms with Crippen molar-refractivity contribution < 1.29 is 0 Å². The lowest BCUT2D eigenvalue weighted by atomic mass is 9.98. The average molecular weight is 941 g/mol. The van der Waals surface area contributed by atoms with E-state index in [1.165, 1.54) is 66.3 Å². The van der Waals surface area contributed by atoms with Crippen molar-refractivity contribution in [3.05, 3.63) is 303 Å². The van der Waals surface area contributed by atoms with E-state index in [2.05, 4.69) is 301 Å². The molecule has 346 valence electrons. The van der Waals surface area contributed by atoms with Crippen LogP contribution in [0.1, 0.15) is 0 Å². The zero-order valence-corrected chi connectivity index (χ0v) is 40.6. The molecule has 0 bridgehead atoms. The minimum absolute atomic E-state index is 1.04. The van der Waals surface area contributed by atoms with Gasteiger partial charge in [-0.2, -0.15) is 0 Å². The molecule has 74 heavy (non-hydrogen) atoms. The molecule has 0 amide bonds. The summed E-state index contributed by atoms with van der Waals surface area (Å²) in [5.41, 5.74) is 23.0. The maximum absolute atomic E-state index is 3.22. The third-order valence-electron chi connectivity index (χ3n) is 14.3. The highest BCUT2D eigenvalue weighted by Gasteiger charge is 2.19. The second-order valence-corrected chi connectivity index (χ2v) is 18.8. The predicted octanol–water partition coefficient (Wildman–Crippen LogP) is 19.5. The lowest BCUT2D eigenvalue weighted by Gasteiger charge is -2.26. The first kappa shape index (κ1) is 44.0. The van der Waals surface area contributed by atoms with Crippen molar-refractivity contribution in [2.45, 2.75) is 0 Å². The van der Waals surface area contributed by atoms with E-state index in [-0.39, 0.29) is 0 Å². The fraction of sp³-hybridized carbons (Fsp3) is 0. The molecule has 0 fully saturated rings. The molecule has 0 aliphatic rings. The van der Waals surface area contributed by atoms with Crippen molar-refractivity contribution >= 4 is 38.9 Å². The lowest BCUT2D eigenvalue weighted by molar-refractivity contribution is 1.18. The molecule has 0 aliphatic carbocycles. The van der Waals surface area contributed by atoms with E-state index in [0.29, 0.717) is 0 Å². The van der Waals surface area contributed by atoms with Gasteiger partial charge in [-0.15, -0.1) is 0 Å². The largest absolute Gasteiger partial charge is 0.310 e. The molecule has 0 radical (unpaired) electrons. The second-order valence-electron chi connectivity index (χ2n) is 18.8. The third kappa shape index (κ3) is 8.49. The average Bonchev–Trinajstić information content (AvgIpc) is 3.81. The number of rotatable bonds is 11. The summed E-state index contributed by atoms with van der Waals surface area (Å²) in [5.74, 6) is 0. The Kier molecular flexibility index (Phi) is 11.5. The monoisotopic (exact) mass is 940 g/mol. The summed E-state index contributed by atoms with van der Waals surface area (Å²) in [6, 6.07) is 111. The Morgan fingerprint density at radius 3 is 1.18 bits per heavy atom. The van der Waals surface area contributed by atoms with Crippen molar-refractivity contribution in [1.29, 1.82) is 0 Å². The van der Waals surface area contributed by atoms with Crippen molar-refractivity contribution in [2.24, 2.45) is 0 Å². The fourth-order valence-electron chi connectivity index (χ4n) is 10.5. The van der Waals surface area contributed by atoms with Gasteiger partial charge in [-0.05, 0) is 133 Å². The van der Waals surface area contributed by atoms with Crippen LogP contribution in [0.3, 0.4) is 0 Å². The molecule has 1 aromatic heterocycles. The van der Waals surface area contributed by atoms with Gasteiger partial charge in [0.2, 0.25) is 0 Å². The topological polar surface area (TPSA) is 8.17 Å². The summed E-state index contributed by atoms with van der Waals surface area (Å²) in [4.78, 5) is 2.35. The number of benzene rings is 11. The number of nitrogens with zero attached hydrogens (tertiary/aromatic N) is 2. The Morgan fingerprint density at radius 2 is 0.676 bits per heavy atom. The third-order valence-corrected chi connectivity index (χ3v) is 14.3. The van der Waals surface area contributed by atoms with E-state index in [0.717, 1.165) is 56.1 Å². The van der Waals surface area contributed by atoms with Crippen LogP contribution in [0.25, 0.3) is 105 Å². The van der Waals surface area contributed by atoms with Crippen molar-refractivity contribution in [1.82, 2.24) is 4.57 Å². The summed E-state index contributed by atoms with van der Waals surface area (Å²) in [5, 5.41) is 2.46. The van der Waals surface area contributed by atoms with E-state index in [9.17, 15) is 0 Å². The molecule has 0 N–H and O–H groups in total. The number of fused-ring (bicyclic) bond motifs is 3. The fourth-order valence-corrected chi connectivity index (χ4v) is 10.5. The van der Waals surface area contributed by atoms with Gasteiger partial charge in [-0.3, -0.25) is 0 Å². The maximum atomic E-state index is 3.22. The minimum atomic E-state index is 1.04. The normalized spacial score (nSPS) is 11.1. The van der Waals surface area contributed by atoms with Crippen molar-refractivity contribution in [2.75, 3.05) is 4.90 Å². The Balaban J connectivity index is 0.845. The van der Waals surface area contributed by atoms with Gasteiger partial charge in [0.05, 0.1) is 16.7 Å². The van der Waals surface area contributed by atoms with Crippen molar-refractivity contribution in [3.8, 4) is 83.6 Å². The minimum Gasteiger partial charge on any atom is -0.310 e. The molecule has 0 spiro atoms. The summed E-state index contributed by atoms with van der Waals surface area (Å²) in [6.45, 7) is 0. The van der Waals surface area contributed by atoms with E-state index in [1.54, 1.807) is 0 Å². The number of para-hydroxylation sites is 1.